The minimum absolute atomic E-state index is 0.138. The summed E-state index contributed by atoms with van der Waals surface area (Å²) in [5.74, 6) is -0.557. The first-order valence-electron chi connectivity index (χ1n) is 7.71. The van der Waals surface area contributed by atoms with Gasteiger partial charge in [0.1, 0.15) is 11.7 Å². The normalized spacial score (nSPS) is 16.5. The van der Waals surface area contributed by atoms with Crippen LogP contribution in [-0.4, -0.2) is 34.2 Å². The second-order valence-corrected chi connectivity index (χ2v) is 6.47. The summed E-state index contributed by atoms with van der Waals surface area (Å²) < 4.78 is 0. The molecule has 9 heteroatoms. The van der Waals surface area contributed by atoms with Crippen molar-refractivity contribution in [3.05, 3.63) is 56.8 Å². The number of anilines is 1. The Labute approximate surface area is 147 Å². The molecule has 1 atom stereocenters. The van der Waals surface area contributed by atoms with Crippen LogP contribution in [0.3, 0.4) is 0 Å². The van der Waals surface area contributed by atoms with E-state index >= 15 is 0 Å². The number of benzene rings is 1. The molecule has 0 spiro atoms. The van der Waals surface area contributed by atoms with Crippen LogP contribution >= 0.6 is 11.3 Å². The number of para-hydroxylation sites is 2. The fraction of sp³-hybridized carbons (Fsp3) is 0.250. The van der Waals surface area contributed by atoms with E-state index in [-0.39, 0.29) is 23.2 Å². The predicted octanol–water partition coefficient (Wildman–Crippen LogP) is 2.40. The monoisotopic (exact) mass is 360 g/mol. The van der Waals surface area contributed by atoms with Gasteiger partial charge in [0, 0.05) is 12.6 Å². The smallest absolute Gasteiger partial charge is 0.294 e. The summed E-state index contributed by atoms with van der Waals surface area (Å²) in [4.78, 5) is 37.5. The standard InChI is InChI=1S/C16H16N4O4S/c21-15(18-17-11-5-1-2-6-12(11)20(23)24)13-7-3-9-19(13)16(22)14-8-4-10-25-14/h1-2,4-6,8,10,13,17H,3,7,9H2,(H,18,21)/t13-/m1/s1. The first-order valence-corrected chi connectivity index (χ1v) is 8.59. The maximum absolute atomic E-state index is 12.5. The highest BCUT2D eigenvalue weighted by atomic mass is 32.1. The lowest BCUT2D eigenvalue weighted by atomic mass is 10.2. The van der Waals surface area contributed by atoms with Crippen LogP contribution in [0, 0.1) is 10.1 Å². The van der Waals surface area contributed by atoms with Crippen LogP contribution in [0.5, 0.6) is 0 Å². The molecular weight excluding hydrogens is 344 g/mol. The van der Waals surface area contributed by atoms with Crippen molar-refractivity contribution < 1.29 is 14.5 Å². The fourth-order valence-corrected chi connectivity index (χ4v) is 3.45. The molecule has 1 aromatic heterocycles. The Balaban J connectivity index is 1.67. The summed E-state index contributed by atoms with van der Waals surface area (Å²) in [7, 11) is 0. The number of hydrogen-bond acceptors (Lipinski definition) is 6. The molecule has 2 amide bonds. The molecule has 3 rings (SSSR count). The number of hydrazine groups is 1. The number of hydrogen-bond donors (Lipinski definition) is 2. The quantitative estimate of drug-likeness (QED) is 0.629. The summed E-state index contributed by atoms with van der Waals surface area (Å²) in [6.45, 7) is 0.514. The van der Waals surface area contributed by atoms with Crippen molar-refractivity contribution in [1.29, 1.82) is 0 Å². The fourth-order valence-electron chi connectivity index (χ4n) is 2.77. The van der Waals surface area contributed by atoms with Gasteiger partial charge < -0.3 is 4.90 Å². The minimum atomic E-state index is -0.593. The van der Waals surface area contributed by atoms with Crippen molar-refractivity contribution in [2.45, 2.75) is 18.9 Å². The third kappa shape index (κ3) is 3.61. The van der Waals surface area contributed by atoms with Crippen LogP contribution in [0.4, 0.5) is 11.4 Å². The lowest BCUT2D eigenvalue weighted by Crippen LogP contribution is -2.47. The molecule has 2 heterocycles. The number of nitrogens with zero attached hydrogens (tertiary/aromatic N) is 2. The van der Waals surface area contributed by atoms with Crippen LogP contribution in [0.25, 0.3) is 0 Å². The second kappa shape index (κ2) is 7.31. The van der Waals surface area contributed by atoms with Gasteiger partial charge in [0.2, 0.25) is 0 Å². The van der Waals surface area contributed by atoms with E-state index in [1.807, 2.05) is 5.38 Å². The van der Waals surface area contributed by atoms with E-state index in [1.54, 1.807) is 29.2 Å². The van der Waals surface area contributed by atoms with E-state index in [0.717, 1.165) is 6.42 Å². The van der Waals surface area contributed by atoms with Crippen molar-refractivity contribution in [3.63, 3.8) is 0 Å². The maximum atomic E-state index is 12.5. The molecule has 1 aromatic carbocycles. The Morgan fingerprint density at radius 1 is 1.24 bits per heavy atom. The zero-order valence-corrected chi connectivity index (χ0v) is 14.0. The average molecular weight is 360 g/mol. The van der Waals surface area contributed by atoms with E-state index in [1.165, 1.54) is 23.5 Å². The lowest BCUT2D eigenvalue weighted by molar-refractivity contribution is -0.384. The molecule has 1 aliphatic heterocycles. The molecule has 0 saturated carbocycles. The number of nitrogens with one attached hydrogen (secondary N) is 2. The number of carbonyl (C=O) groups is 2. The first kappa shape index (κ1) is 16.9. The third-order valence-electron chi connectivity index (χ3n) is 3.97. The zero-order chi connectivity index (χ0) is 17.8. The Kier molecular flexibility index (Phi) is 4.94. The number of carbonyl (C=O) groups excluding carboxylic acids is 2. The van der Waals surface area contributed by atoms with E-state index in [9.17, 15) is 19.7 Å². The molecule has 25 heavy (non-hydrogen) atoms. The molecule has 0 aliphatic carbocycles. The number of nitro groups is 1. The molecule has 1 aliphatic rings. The molecule has 8 nitrogen and oxygen atoms in total. The number of rotatable bonds is 5. The van der Waals surface area contributed by atoms with Gasteiger partial charge in [-0.3, -0.25) is 30.6 Å². The van der Waals surface area contributed by atoms with Crippen molar-refractivity contribution in [1.82, 2.24) is 10.3 Å². The predicted molar refractivity (Wildman–Crippen MR) is 93.2 cm³/mol. The van der Waals surface area contributed by atoms with Gasteiger partial charge in [-0.25, -0.2) is 0 Å². The Hall–Kier alpha value is -2.94. The maximum Gasteiger partial charge on any atom is 0.294 e. The summed E-state index contributed by atoms with van der Waals surface area (Å²) in [5, 5.41) is 12.8. The van der Waals surface area contributed by atoms with Crippen molar-refractivity contribution in [3.8, 4) is 0 Å². The number of likely N-dealkylation sites (tertiary alicyclic amines) is 1. The van der Waals surface area contributed by atoms with E-state index in [0.29, 0.717) is 17.8 Å². The van der Waals surface area contributed by atoms with Gasteiger partial charge in [-0.05, 0) is 30.4 Å². The average Bonchev–Trinajstić information content (AvgIpc) is 3.30. The van der Waals surface area contributed by atoms with Crippen LogP contribution in [0.15, 0.2) is 41.8 Å². The van der Waals surface area contributed by atoms with Crippen LogP contribution < -0.4 is 10.9 Å². The molecule has 2 N–H and O–H groups in total. The number of nitro benzene ring substituents is 1. The van der Waals surface area contributed by atoms with E-state index in [4.69, 9.17) is 0 Å². The van der Waals surface area contributed by atoms with Gasteiger partial charge in [-0.2, -0.15) is 0 Å². The van der Waals surface area contributed by atoms with Crippen molar-refractivity contribution in [2.24, 2.45) is 0 Å². The molecule has 2 aromatic rings. The Morgan fingerprint density at radius 3 is 2.76 bits per heavy atom. The van der Waals surface area contributed by atoms with Crippen molar-refractivity contribution >= 4 is 34.5 Å². The highest BCUT2D eigenvalue weighted by molar-refractivity contribution is 7.12. The molecule has 1 saturated heterocycles. The highest BCUT2D eigenvalue weighted by Crippen LogP contribution is 2.24. The molecular formula is C16H16N4O4S. The first-order chi connectivity index (χ1) is 12.1. The van der Waals surface area contributed by atoms with Gasteiger partial charge in [-0.15, -0.1) is 11.3 Å². The van der Waals surface area contributed by atoms with Crippen LogP contribution in [0.1, 0.15) is 22.5 Å². The van der Waals surface area contributed by atoms with Gasteiger partial charge in [0.15, 0.2) is 0 Å². The number of amides is 2. The third-order valence-corrected chi connectivity index (χ3v) is 4.83. The topological polar surface area (TPSA) is 105 Å². The van der Waals surface area contributed by atoms with Crippen LogP contribution in [-0.2, 0) is 4.79 Å². The highest BCUT2D eigenvalue weighted by Gasteiger charge is 2.35. The van der Waals surface area contributed by atoms with Crippen molar-refractivity contribution in [2.75, 3.05) is 12.0 Å². The van der Waals surface area contributed by atoms with E-state index in [2.05, 4.69) is 10.9 Å². The molecule has 130 valence electrons. The largest absolute Gasteiger partial charge is 0.326 e. The molecule has 0 bridgehead atoms. The molecule has 1 fully saturated rings. The second-order valence-electron chi connectivity index (χ2n) is 5.52. The molecule has 0 radical (unpaired) electrons. The minimum Gasteiger partial charge on any atom is -0.326 e. The summed E-state index contributed by atoms with van der Waals surface area (Å²) in [6, 6.07) is 8.95. The summed E-state index contributed by atoms with van der Waals surface area (Å²) >= 11 is 1.33. The van der Waals surface area contributed by atoms with Gasteiger partial charge in [-0.1, -0.05) is 18.2 Å². The number of thiophene rings is 1. The van der Waals surface area contributed by atoms with Gasteiger partial charge in [0.25, 0.3) is 17.5 Å². The van der Waals surface area contributed by atoms with Crippen LogP contribution in [0.2, 0.25) is 0 Å². The summed E-state index contributed by atoms with van der Waals surface area (Å²) in [5.41, 5.74) is 5.12. The zero-order valence-electron chi connectivity index (χ0n) is 13.2. The Bertz CT molecular complexity index is 793. The van der Waals surface area contributed by atoms with Gasteiger partial charge in [0.05, 0.1) is 9.80 Å². The lowest BCUT2D eigenvalue weighted by Gasteiger charge is -2.23. The van der Waals surface area contributed by atoms with Gasteiger partial charge >= 0.3 is 0 Å². The molecule has 0 unspecified atom stereocenters. The SMILES string of the molecule is O=C(NNc1ccccc1[N+](=O)[O-])[C@H]1CCCN1C(=O)c1cccs1. The van der Waals surface area contributed by atoms with E-state index < -0.39 is 11.0 Å². The Morgan fingerprint density at radius 2 is 2.04 bits per heavy atom. The summed E-state index contributed by atoms with van der Waals surface area (Å²) in [6.07, 6.45) is 1.29.